The largest absolute Gasteiger partial charge is 0.349 e. The zero-order valence-electron chi connectivity index (χ0n) is 6.98. The summed E-state index contributed by atoms with van der Waals surface area (Å²) in [6, 6.07) is 1.68. The van der Waals surface area contributed by atoms with Gasteiger partial charge in [0.05, 0.1) is 0 Å². The maximum absolute atomic E-state index is 11.0. The second-order valence-corrected chi connectivity index (χ2v) is 2.21. The highest BCUT2D eigenvalue weighted by Gasteiger charge is 1.93. The predicted molar refractivity (Wildman–Crippen MR) is 47.3 cm³/mol. The quantitative estimate of drug-likeness (QED) is 0.504. The van der Waals surface area contributed by atoms with Crippen LogP contribution in [0.4, 0.5) is 5.82 Å². The first-order chi connectivity index (χ1) is 5.74. The van der Waals surface area contributed by atoms with E-state index in [1.165, 1.54) is 4.57 Å². The normalized spacial score (nSPS) is 10.5. The van der Waals surface area contributed by atoms with Crippen LogP contribution >= 0.6 is 0 Å². The molecule has 0 bridgehead atoms. The summed E-state index contributed by atoms with van der Waals surface area (Å²) in [7, 11) is 1.64. The van der Waals surface area contributed by atoms with Crippen molar-refractivity contribution in [2.75, 3.05) is 5.43 Å². The molecule has 64 valence electrons. The number of aromatic nitrogens is 2. The number of hydrogen-bond donors (Lipinski definition) is 1. The minimum atomic E-state index is -0.300. The van der Waals surface area contributed by atoms with E-state index in [4.69, 9.17) is 0 Å². The summed E-state index contributed by atoms with van der Waals surface area (Å²) < 4.78 is 1.39. The van der Waals surface area contributed by atoms with Crippen molar-refractivity contribution < 1.29 is 0 Å². The Bertz CT molecular complexity index is 342. The average Bonchev–Trinajstić information content (AvgIpc) is 2.07. The maximum atomic E-state index is 11.0. The number of nitrogens with one attached hydrogen (secondary N) is 1. The highest BCUT2D eigenvalue weighted by Crippen LogP contribution is 1.95. The van der Waals surface area contributed by atoms with Gasteiger partial charge in [-0.3, -0.25) is 5.43 Å². The lowest BCUT2D eigenvalue weighted by Gasteiger charge is -1.98. The molecule has 0 saturated carbocycles. The van der Waals surface area contributed by atoms with Gasteiger partial charge in [-0.15, -0.1) is 0 Å². The number of aryl methyl sites for hydroxylation is 1. The smallest absolute Gasteiger partial charge is 0.302 e. The van der Waals surface area contributed by atoms with Gasteiger partial charge >= 0.3 is 5.69 Å². The second-order valence-electron chi connectivity index (χ2n) is 2.21. The molecule has 12 heavy (non-hydrogen) atoms. The lowest BCUT2D eigenvalue weighted by Crippen LogP contribution is -2.19. The zero-order valence-corrected chi connectivity index (χ0v) is 6.98. The van der Waals surface area contributed by atoms with Gasteiger partial charge in [-0.2, -0.15) is 10.1 Å². The summed E-state index contributed by atoms with van der Waals surface area (Å²) in [5.41, 5.74) is 2.31. The van der Waals surface area contributed by atoms with Gasteiger partial charge in [0.15, 0.2) is 5.82 Å². The molecule has 1 aromatic heterocycles. The fourth-order valence-electron chi connectivity index (χ4n) is 0.658. The lowest BCUT2D eigenvalue weighted by molar-refractivity contribution is 0.811. The van der Waals surface area contributed by atoms with Crippen LogP contribution in [0.1, 0.15) is 6.92 Å². The Hall–Kier alpha value is -1.65. The van der Waals surface area contributed by atoms with E-state index in [0.717, 1.165) is 0 Å². The predicted octanol–water partition coefficient (Wildman–Crippen LogP) is 0.198. The standard InChI is InChI=1S/C7H10N4O/c1-3-8-10-6-4-5-11(2)7(12)9-6/h3-5H,1-2H3,(H,9,10,12)/b8-3-. The Balaban J connectivity index is 2.90. The molecule has 1 aromatic rings. The van der Waals surface area contributed by atoms with Crippen molar-refractivity contribution in [3.63, 3.8) is 0 Å². The molecule has 0 fully saturated rings. The Morgan fingerprint density at radius 3 is 3.08 bits per heavy atom. The van der Waals surface area contributed by atoms with Crippen LogP contribution in [0, 0.1) is 0 Å². The van der Waals surface area contributed by atoms with Crippen LogP contribution in [-0.2, 0) is 7.05 Å². The molecule has 0 spiro atoms. The average molecular weight is 166 g/mol. The highest BCUT2D eigenvalue weighted by atomic mass is 16.1. The third-order valence-corrected chi connectivity index (χ3v) is 1.28. The molecule has 0 amide bonds. The van der Waals surface area contributed by atoms with Crippen molar-refractivity contribution in [2.24, 2.45) is 12.1 Å². The molecule has 0 aliphatic carbocycles. The lowest BCUT2D eigenvalue weighted by atomic mass is 10.6. The molecule has 1 N–H and O–H groups in total. The molecule has 1 rings (SSSR count). The first kappa shape index (κ1) is 8.45. The van der Waals surface area contributed by atoms with Crippen molar-refractivity contribution >= 4 is 12.0 Å². The molecule has 0 aliphatic rings. The van der Waals surface area contributed by atoms with E-state index in [9.17, 15) is 4.79 Å². The second kappa shape index (κ2) is 3.66. The number of anilines is 1. The van der Waals surface area contributed by atoms with Crippen LogP contribution < -0.4 is 11.1 Å². The summed E-state index contributed by atoms with van der Waals surface area (Å²) in [6.07, 6.45) is 3.21. The molecule has 0 unspecified atom stereocenters. The van der Waals surface area contributed by atoms with Crippen LogP contribution in [0.15, 0.2) is 22.2 Å². The summed E-state index contributed by atoms with van der Waals surface area (Å²) in [4.78, 5) is 14.7. The Morgan fingerprint density at radius 1 is 1.75 bits per heavy atom. The molecule has 0 saturated heterocycles. The topological polar surface area (TPSA) is 59.3 Å². The first-order valence-corrected chi connectivity index (χ1v) is 3.51. The van der Waals surface area contributed by atoms with Crippen molar-refractivity contribution in [3.05, 3.63) is 22.7 Å². The van der Waals surface area contributed by atoms with Crippen LogP contribution in [0.2, 0.25) is 0 Å². The van der Waals surface area contributed by atoms with Gasteiger partial charge in [-0.1, -0.05) is 0 Å². The molecule has 5 nitrogen and oxygen atoms in total. The molecule has 0 atom stereocenters. The minimum Gasteiger partial charge on any atom is -0.302 e. The maximum Gasteiger partial charge on any atom is 0.349 e. The van der Waals surface area contributed by atoms with E-state index in [0.29, 0.717) is 5.82 Å². The number of nitrogens with zero attached hydrogens (tertiary/aromatic N) is 3. The van der Waals surface area contributed by atoms with Crippen LogP contribution in [0.3, 0.4) is 0 Å². The Kier molecular flexibility index (Phi) is 2.57. The van der Waals surface area contributed by atoms with E-state index in [-0.39, 0.29) is 5.69 Å². The number of hydrazone groups is 1. The van der Waals surface area contributed by atoms with E-state index in [1.807, 2.05) is 0 Å². The monoisotopic (exact) mass is 166 g/mol. The van der Waals surface area contributed by atoms with E-state index >= 15 is 0 Å². The van der Waals surface area contributed by atoms with Gasteiger partial charge < -0.3 is 4.57 Å². The first-order valence-electron chi connectivity index (χ1n) is 3.51. The van der Waals surface area contributed by atoms with E-state index in [2.05, 4.69) is 15.5 Å². The molecular weight excluding hydrogens is 156 g/mol. The summed E-state index contributed by atoms with van der Waals surface area (Å²) >= 11 is 0. The minimum absolute atomic E-state index is 0.300. The fraction of sp³-hybridized carbons (Fsp3) is 0.286. The van der Waals surface area contributed by atoms with Gasteiger partial charge in [0, 0.05) is 19.5 Å². The molecule has 0 aliphatic heterocycles. The van der Waals surface area contributed by atoms with Gasteiger partial charge in [0.1, 0.15) is 0 Å². The fourth-order valence-corrected chi connectivity index (χ4v) is 0.658. The van der Waals surface area contributed by atoms with E-state index in [1.54, 1.807) is 32.4 Å². The summed E-state index contributed by atoms with van der Waals surface area (Å²) in [5.74, 6) is 0.455. The SMILES string of the molecule is C/C=N\Nc1ccn(C)c(=O)n1. The molecule has 5 heteroatoms. The van der Waals surface area contributed by atoms with Gasteiger partial charge in [-0.25, -0.2) is 4.79 Å². The van der Waals surface area contributed by atoms with Crippen molar-refractivity contribution in [3.8, 4) is 0 Å². The third kappa shape index (κ3) is 1.91. The van der Waals surface area contributed by atoms with Crippen molar-refractivity contribution in [1.82, 2.24) is 9.55 Å². The van der Waals surface area contributed by atoms with Crippen LogP contribution in [-0.4, -0.2) is 15.8 Å². The highest BCUT2D eigenvalue weighted by molar-refractivity contribution is 5.55. The molecule has 1 heterocycles. The van der Waals surface area contributed by atoms with Gasteiger partial charge in [0.25, 0.3) is 0 Å². The van der Waals surface area contributed by atoms with Gasteiger partial charge in [0.2, 0.25) is 0 Å². The summed E-state index contributed by atoms with van der Waals surface area (Å²) in [5, 5.41) is 3.73. The molecular formula is C7H10N4O. The van der Waals surface area contributed by atoms with Crippen molar-refractivity contribution in [2.45, 2.75) is 6.92 Å². The number of hydrogen-bond acceptors (Lipinski definition) is 4. The molecule has 0 aromatic carbocycles. The van der Waals surface area contributed by atoms with Crippen molar-refractivity contribution in [1.29, 1.82) is 0 Å². The number of rotatable bonds is 2. The van der Waals surface area contributed by atoms with Crippen LogP contribution in [0.25, 0.3) is 0 Å². The third-order valence-electron chi connectivity index (χ3n) is 1.28. The summed E-state index contributed by atoms with van der Waals surface area (Å²) in [6.45, 7) is 1.77. The Labute approximate surface area is 69.8 Å². The Morgan fingerprint density at radius 2 is 2.50 bits per heavy atom. The van der Waals surface area contributed by atoms with E-state index < -0.39 is 0 Å². The zero-order chi connectivity index (χ0) is 8.97. The molecule has 0 radical (unpaired) electrons. The van der Waals surface area contributed by atoms with Crippen LogP contribution in [0.5, 0.6) is 0 Å². The van der Waals surface area contributed by atoms with Gasteiger partial charge in [-0.05, 0) is 13.0 Å².